The molecule has 0 aromatic carbocycles. The van der Waals surface area contributed by atoms with Crippen molar-refractivity contribution in [1.29, 1.82) is 0 Å². The van der Waals surface area contributed by atoms with Crippen molar-refractivity contribution in [3.8, 4) is 5.75 Å². The highest BCUT2D eigenvalue weighted by molar-refractivity contribution is 5.34. The van der Waals surface area contributed by atoms with Gasteiger partial charge in [-0.2, -0.15) is 10.2 Å². The summed E-state index contributed by atoms with van der Waals surface area (Å²) in [7, 11) is 9.65. The quantitative estimate of drug-likeness (QED) is 0.805. The van der Waals surface area contributed by atoms with Gasteiger partial charge in [0.2, 0.25) is 0 Å². The number of aromatic nitrogens is 4. The Morgan fingerprint density at radius 3 is 2.67 bits per heavy atom. The van der Waals surface area contributed by atoms with Gasteiger partial charge in [0, 0.05) is 19.8 Å². The minimum atomic E-state index is -0.0166. The highest BCUT2D eigenvalue weighted by Crippen LogP contribution is 2.29. The molecular weight excluding hydrogens is 268 g/mol. The summed E-state index contributed by atoms with van der Waals surface area (Å²) in [5.74, 6) is 0.786. The number of nitrogens with one attached hydrogen (secondary N) is 1. The molecular formula is C14H24N6O. The first-order valence-electron chi connectivity index (χ1n) is 6.98. The van der Waals surface area contributed by atoms with Gasteiger partial charge in [-0.3, -0.25) is 9.36 Å². The fourth-order valence-electron chi connectivity index (χ4n) is 2.39. The zero-order valence-corrected chi connectivity index (χ0v) is 13.4. The molecule has 0 radical (unpaired) electrons. The van der Waals surface area contributed by atoms with Crippen LogP contribution in [0.2, 0.25) is 0 Å². The van der Waals surface area contributed by atoms with Gasteiger partial charge in [0.25, 0.3) is 0 Å². The summed E-state index contributed by atoms with van der Waals surface area (Å²) < 4.78 is 9.34. The predicted molar refractivity (Wildman–Crippen MR) is 81.4 cm³/mol. The Morgan fingerprint density at radius 2 is 2.14 bits per heavy atom. The lowest BCUT2D eigenvalue weighted by Crippen LogP contribution is -2.26. The van der Waals surface area contributed by atoms with Crippen LogP contribution in [0.1, 0.15) is 17.4 Å². The lowest BCUT2D eigenvalue weighted by atomic mass is 10.1. The van der Waals surface area contributed by atoms with Crippen LogP contribution in [-0.2, 0) is 13.6 Å². The molecule has 0 saturated heterocycles. The largest absolute Gasteiger partial charge is 0.493 e. The van der Waals surface area contributed by atoms with Crippen molar-refractivity contribution in [3.05, 3.63) is 29.8 Å². The van der Waals surface area contributed by atoms with Gasteiger partial charge in [-0.1, -0.05) is 0 Å². The van der Waals surface area contributed by atoms with Gasteiger partial charge >= 0.3 is 0 Å². The molecule has 0 aliphatic carbocycles. The van der Waals surface area contributed by atoms with Crippen LogP contribution in [0.4, 0.5) is 0 Å². The molecule has 2 heterocycles. The van der Waals surface area contributed by atoms with Gasteiger partial charge in [0.1, 0.15) is 5.69 Å². The first-order valence-corrected chi connectivity index (χ1v) is 6.98. The second kappa shape index (κ2) is 6.73. The zero-order valence-electron chi connectivity index (χ0n) is 13.4. The summed E-state index contributed by atoms with van der Waals surface area (Å²) in [6, 6.07) is 1.99. The second-order valence-electron chi connectivity index (χ2n) is 5.23. The summed E-state index contributed by atoms with van der Waals surface area (Å²) in [4.78, 5) is 2.14. The van der Waals surface area contributed by atoms with Crippen LogP contribution >= 0.6 is 0 Å². The first-order chi connectivity index (χ1) is 10.1. The molecule has 21 heavy (non-hydrogen) atoms. The zero-order chi connectivity index (χ0) is 15.4. The maximum atomic E-state index is 5.49. The van der Waals surface area contributed by atoms with Crippen LogP contribution in [0, 0.1) is 0 Å². The lowest BCUT2D eigenvalue weighted by Gasteiger charge is -2.20. The predicted octanol–water partition coefficient (Wildman–Crippen LogP) is 0.496. The Balaban J connectivity index is 2.39. The molecule has 0 aliphatic heterocycles. The Morgan fingerprint density at radius 1 is 1.38 bits per heavy atom. The van der Waals surface area contributed by atoms with Gasteiger partial charge in [-0.05, 0) is 27.2 Å². The van der Waals surface area contributed by atoms with E-state index in [0.29, 0.717) is 0 Å². The number of nitrogens with zero attached hydrogens (tertiary/aromatic N) is 5. The molecule has 1 unspecified atom stereocenters. The standard InChI is InChI=1S/C14H24N6O/c1-15-13(11-6-7-16-19(11)4)14-12(21-5)10-17-20(14)9-8-18(2)3/h6-7,10,13,15H,8-9H2,1-5H3. The summed E-state index contributed by atoms with van der Waals surface area (Å²) in [6.45, 7) is 1.72. The molecule has 0 bridgehead atoms. The molecule has 116 valence electrons. The molecule has 0 fully saturated rings. The topological polar surface area (TPSA) is 60.1 Å². The molecule has 7 nitrogen and oxygen atoms in total. The van der Waals surface area contributed by atoms with E-state index >= 15 is 0 Å². The van der Waals surface area contributed by atoms with Crippen LogP contribution in [0.5, 0.6) is 5.75 Å². The van der Waals surface area contributed by atoms with E-state index in [4.69, 9.17) is 4.74 Å². The fourth-order valence-corrected chi connectivity index (χ4v) is 2.39. The van der Waals surface area contributed by atoms with Crippen LogP contribution in [0.25, 0.3) is 0 Å². The smallest absolute Gasteiger partial charge is 0.161 e. The van der Waals surface area contributed by atoms with E-state index in [2.05, 4.69) is 34.5 Å². The average Bonchev–Trinajstić information content (AvgIpc) is 3.05. The van der Waals surface area contributed by atoms with E-state index in [1.54, 1.807) is 19.5 Å². The molecule has 2 aromatic heterocycles. The average molecular weight is 292 g/mol. The van der Waals surface area contributed by atoms with Crippen molar-refractivity contribution in [2.75, 3.05) is 34.8 Å². The Hall–Kier alpha value is -1.86. The monoisotopic (exact) mass is 292 g/mol. The third-order valence-corrected chi connectivity index (χ3v) is 3.54. The number of rotatable bonds is 7. The van der Waals surface area contributed by atoms with E-state index in [0.717, 1.165) is 30.2 Å². The third kappa shape index (κ3) is 3.25. The van der Waals surface area contributed by atoms with E-state index in [1.807, 2.05) is 29.5 Å². The van der Waals surface area contributed by atoms with E-state index in [1.165, 1.54) is 0 Å². The van der Waals surface area contributed by atoms with Gasteiger partial charge in [0.15, 0.2) is 5.75 Å². The highest BCUT2D eigenvalue weighted by Gasteiger charge is 2.24. The molecule has 0 saturated carbocycles. The van der Waals surface area contributed by atoms with Crippen molar-refractivity contribution in [1.82, 2.24) is 29.8 Å². The maximum absolute atomic E-state index is 5.49. The number of likely N-dealkylation sites (N-methyl/N-ethyl adjacent to an activating group) is 1. The van der Waals surface area contributed by atoms with Crippen molar-refractivity contribution in [2.24, 2.45) is 7.05 Å². The van der Waals surface area contributed by atoms with E-state index < -0.39 is 0 Å². The lowest BCUT2D eigenvalue weighted by molar-refractivity contribution is 0.359. The van der Waals surface area contributed by atoms with Crippen LogP contribution in [0.15, 0.2) is 18.5 Å². The van der Waals surface area contributed by atoms with Crippen molar-refractivity contribution in [3.63, 3.8) is 0 Å². The van der Waals surface area contributed by atoms with Gasteiger partial charge in [-0.25, -0.2) is 0 Å². The Labute approximate surface area is 125 Å². The Bertz CT molecular complexity index is 574. The van der Waals surface area contributed by atoms with E-state index in [-0.39, 0.29) is 6.04 Å². The molecule has 0 spiro atoms. The maximum Gasteiger partial charge on any atom is 0.161 e. The Kier molecular flexibility index (Phi) is 4.98. The number of aryl methyl sites for hydroxylation is 1. The van der Waals surface area contributed by atoms with Crippen molar-refractivity contribution >= 4 is 0 Å². The molecule has 1 atom stereocenters. The summed E-state index contributed by atoms with van der Waals surface area (Å²) in [5, 5.41) is 12.1. The number of hydrogen-bond acceptors (Lipinski definition) is 5. The number of ether oxygens (including phenoxy) is 1. The summed E-state index contributed by atoms with van der Waals surface area (Å²) in [5.41, 5.74) is 2.09. The molecule has 2 aromatic rings. The molecule has 1 N–H and O–H groups in total. The third-order valence-electron chi connectivity index (χ3n) is 3.54. The second-order valence-corrected chi connectivity index (χ2v) is 5.23. The normalized spacial score (nSPS) is 12.9. The SMILES string of the molecule is CNC(c1ccnn1C)c1c(OC)cnn1CCN(C)C. The number of methoxy groups -OCH3 is 1. The van der Waals surface area contributed by atoms with Crippen LogP contribution in [-0.4, -0.2) is 59.3 Å². The summed E-state index contributed by atoms with van der Waals surface area (Å²) >= 11 is 0. The molecule has 0 amide bonds. The molecule has 7 heteroatoms. The molecule has 2 rings (SSSR count). The highest BCUT2D eigenvalue weighted by atomic mass is 16.5. The minimum absolute atomic E-state index is 0.0166. The van der Waals surface area contributed by atoms with Crippen molar-refractivity contribution in [2.45, 2.75) is 12.6 Å². The molecule has 0 aliphatic rings. The van der Waals surface area contributed by atoms with Gasteiger partial charge < -0.3 is 15.0 Å². The fraction of sp³-hybridized carbons (Fsp3) is 0.571. The number of hydrogen-bond donors (Lipinski definition) is 1. The van der Waals surface area contributed by atoms with Gasteiger partial charge in [0.05, 0.1) is 31.6 Å². The van der Waals surface area contributed by atoms with Crippen LogP contribution in [0.3, 0.4) is 0 Å². The first kappa shape index (κ1) is 15.5. The minimum Gasteiger partial charge on any atom is -0.493 e. The van der Waals surface area contributed by atoms with Gasteiger partial charge in [-0.15, -0.1) is 0 Å². The van der Waals surface area contributed by atoms with Crippen molar-refractivity contribution < 1.29 is 4.74 Å². The van der Waals surface area contributed by atoms with Crippen LogP contribution < -0.4 is 10.1 Å². The summed E-state index contributed by atoms with van der Waals surface area (Å²) in [6.07, 6.45) is 3.57. The van der Waals surface area contributed by atoms with E-state index in [9.17, 15) is 0 Å².